The molecule has 0 radical (unpaired) electrons. The van der Waals surface area contributed by atoms with Gasteiger partial charge in [-0.15, -0.1) is 0 Å². The Kier molecular flexibility index (Phi) is 7.22. The molecule has 1 unspecified atom stereocenters. The first-order chi connectivity index (χ1) is 16.0. The number of imide groups is 1. The van der Waals surface area contributed by atoms with Crippen molar-refractivity contribution in [2.45, 2.75) is 19.4 Å². The summed E-state index contributed by atoms with van der Waals surface area (Å²) in [6, 6.07) is 8.35. The minimum atomic E-state index is -0.377. The number of carbonyl (C=O) groups is 3. The van der Waals surface area contributed by atoms with Crippen LogP contribution in [-0.2, 0) is 9.47 Å². The highest BCUT2D eigenvalue weighted by Gasteiger charge is 2.35. The van der Waals surface area contributed by atoms with Crippen molar-refractivity contribution in [2.24, 2.45) is 0 Å². The Hall–Kier alpha value is -3.01. The van der Waals surface area contributed by atoms with Gasteiger partial charge in [0.25, 0.3) is 17.7 Å². The molecule has 1 saturated heterocycles. The van der Waals surface area contributed by atoms with Gasteiger partial charge >= 0.3 is 0 Å². The van der Waals surface area contributed by atoms with E-state index in [2.05, 4.69) is 10.2 Å². The Labute approximate surface area is 192 Å². The van der Waals surface area contributed by atoms with Crippen LogP contribution >= 0.6 is 0 Å². The van der Waals surface area contributed by atoms with Gasteiger partial charge < -0.3 is 19.2 Å². The SMILES string of the molecule is COCCCN1C(=O)c2ccc(C(=O)NCC(c3ccc(C)o3)N3CCOCC3)cc2C1=O. The molecule has 2 aromatic rings. The van der Waals surface area contributed by atoms with Crippen LogP contribution in [0.3, 0.4) is 0 Å². The summed E-state index contributed by atoms with van der Waals surface area (Å²) in [5, 5.41) is 2.97. The van der Waals surface area contributed by atoms with Crippen LogP contribution in [0.25, 0.3) is 0 Å². The van der Waals surface area contributed by atoms with E-state index in [1.54, 1.807) is 19.2 Å². The van der Waals surface area contributed by atoms with E-state index in [0.29, 0.717) is 43.9 Å². The highest BCUT2D eigenvalue weighted by atomic mass is 16.5. The van der Waals surface area contributed by atoms with Gasteiger partial charge in [0.1, 0.15) is 11.5 Å². The van der Waals surface area contributed by atoms with E-state index in [1.165, 1.54) is 11.0 Å². The summed E-state index contributed by atoms with van der Waals surface area (Å²) < 4.78 is 16.3. The third-order valence-corrected chi connectivity index (χ3v) is 6.00. The fraction of sp³-hybridized carbons (Fsp3) is 0.458. The molecule has 33 heavy (non-hydrogen) atoms. The molecule has 2 aliphatic rings. The minimum absolute atomic E-state index is 0.125. The van der Waals surface area contributed by atoms with Crippen LogP contribution in [0.1, 0.15) is 55.1 Å². The van der Waals surface area contributed by atoms with E-state index in [-0.39, 0.29) is 35.9 Å². The smallest absolute Gasteiger partial charge is 0.261 e. The number of nitrogens with zero attached hydrogens (tertiary/aromatic N) is 2. The van der Waals surface area contributed by atoms with Gasteiger partial charge in [-0.05, 0) is 43.7 Å². The van der Waals surface area contributed by atoms with Gasteiger partial charge in [0.15, 0.2) is 0 Å². The zero-order chi connectivity index (χ0) is 23.4. The van der Waals surface area contributed by atoms with Crippen LogP contribution in [0.15, 0.2) is 34.7 Å². The molecule has 0 aliphatic carbocycles. The first kappa shape index (κ1) is 23.2. The normalized spacial score (nSPS) is 17.3. The first-order valence-corrected chi connectivity index (χ1v) is 11.1. The third kappa shape index (κ3) is 5.00. The quantitative estimate of drug-likeness (QED) is 0.456. The van der Waals surface area contributed by atoms with Crippen molar-refractivity contribution in [1.82, 2.24) is 15.1 Å². The summed E-state index contributed by atoms with van der Waals surface area (Å²) in [4.78, 5) is 41.7. The van der Waals surface area contributed by atoms with Crippen molar-refractivity contribution in [3.05, 3.63) is 58.5 Å². The Bertz CT molecular complexity index is 1030. The lowest BCUT2D eigenvalue weighted by Gasteiger charge is -2.33. The zero-order valence-corrected chi connectivity index (χ0v) is 19.0. The van der Waals surface area contributed by atoms with Crippen molar-refractivity contribution in [3.8, 4) is 0 Å². The maximum absolute atomic E-state index is 12.9. The predicted molar refractivity (Wildman–Crippen MR) is 119 cm³/mol. The van der Waals surface area contributed by atoms with Crippen molar-refractivity contribution in [3.63, 3.8) is 0 Å². The molecule has 0 spiro atoms. The number of benzene rings is 1. The van der Waals surface area contributed by atoms with Crippen molar-refractivity contribution in [1.29, 1.82) is 0 Å². The maximum Gasteiger partial charge on any atom is 0.261 e. The van der Waals surface area contributed by atoms with E-state index in [0.717, 1.165) is 24.6 Å². The topological polar surface area (TPSA) is 101 Å². The van der Waals surface area contributed by atoms with Gasteiger partial charge in [-0.2, -0.15) is 0 Å². The number of ether oxygens (including phenoxy) is 2. The molecular weight excluding hydrogens is 426 g/mol. The molecule has 3 amide bonds. The molecule has 0 saturated carbocycles. The van der Waals surface area contributed by atoms with Crippen molar-refractivity contribution < 1.29 is 28.3 Å². The summed E-state index contributed by atoms with van der Waals surface area (Å²) >= 11 is 0. The van der Waals surface area contributed by atoms with Crippen molar-refractivity contribution >= 4 is 17.7 Å². The fourth-order valence-corrected chi connectivity index (χ4v) is 4.22. The lowest BCUT2D eigenvalue weighted by atomic mass is 10.0. The van der Waals surface area contributed by atoms with Gasteiger partial charge in [-0.3, -0.25) is 24.2 Å². The van der Waals surface area contributed by atoms with Crippen LogP contribution < -0.4 is 5.32 Å². The van der Waals surface area contributed by atoms with E-state index in [1.807, 2.05) is 19.1 Å². The van der Waals surface area contributed by atoms with Crippen LogP contribution in [0.2, 0.25) is 0 Å². The number of morpholine rings is 1. The molecule has 9 heteroatoms. The molecule has 1 N–H and O–H groups in total. The van der Waals surface area contributed by atoms with Crippen LogP contribution in [0.5, 0.6) is 0 Å². The predicted octanol–water partition coefficient (Wildman–Crippen LogP) is 2.02. The van der Waals surface area contributed by atoms with Crippen LogP contribution in [0.4, 0.5) is 0 Å². The number of methoxy groups -OCH3 is 1. The number of rotatable bonds is 9. The fourth-order valence-electron chi connectivity index (χ4n) is 4.22. The van der Waals surface area contributed by atoms with E-state index in [4.69, 9.17) is 13.9 Å². The van der Waals surface area contributed by atoms with E-state index < -0.39 is 0 Å². The molecule has 1 fully saturated rings. The van der Waals surface area contributed by atoms with Crippen LogP contribution in [-0.4, -0.2) is 80.6 Å². The molecule has 1 aromatic heterocycles. The van der Waals surface area contributed by atoms with E-state index in [9.17, 15) is 14.4 Å². The molecule has 4 rings (SSSR count). The number of aryl methyl sites for hydroxylation is 1. The molecule has 2 aliphatic heterocycles. The highest BCUT2D eigenvalue weighted by molar-refractivity contribution is 6.22. The maximum atomic E-state index is 12.9. The number of fused-ring (bicyclic) bond motifs is 1. The molecule has 176 valence electrons. The van der Waals surface area contributed by atoms with Gasteiger partial charge in [0.2, 0.25) is 0 Å². The minimum Gasteiger partial charge on any atom is -0.465 e. The Morgan fingerprint density at radius 1 is 1.12 bits per heavy atom. The monoisotopic (exact) mass is 455 g/mol. The summed E-state index contributed by atoms with van der Waals surface area (Å²) in [6.07, 6.45) is 0.560. The number of furan rings is 1. The number of hydrogen-bond acceptors (Lipinski definition) is 7. The van der Waals surface area contributed by atoms with Gasteiger partial charge in [0, 0.05) is 45.5 Å². The zero-order valence-electron chi connectivity index (χ0n) is 19.0. The summed E-state index contributed by atoms with van der Waals surface area (Å²) in [5.41, 5.74) is 0.924. The molecular formula is C24H29N3O6. The molecule has 1 aromatic carbocycles. The lowest BCUT2D eigenvalue weighted by molar-refractivity contribution is 0.0117. The van der Waals surface area contributed by atoms with E-state index >= 15 is 0 Å². The standard InChI is InChI=1S/C24H29N3O6/c1-16-4-7-21(33-16)20(26-9-12-32-13-10-26)15-25-22(28)17-5-6-18-19(14-17)24(30)27(23(18)29)8-3-11-31-2/h4-7,14,20H,3,8-13,15H2,1-2H3,(H,25,28). The van der Waals surface area contributed by atoms with Gasteiger partial charge in [-0.1, -0.05) is 0 Å². The molecule has 0 bridgehead atoms. The molecule has 3 heterocycles. The third-order valence-electron chi connectivity index (χ3n) is 6.00. The van der Waals surface area contributed by atoms with Gasteiger partial charge in [-0.25, -0.2) is 0 Å². The number of carbonyl (C=O) groups excluding carboxylic acids is 3. The first-order valence-electron chi connectivity index (χ1n) is 11.1. The summed E-state index contributed by atoms with van der Waals surface area (Å²) in [7, 11) is 1.57. The molecule has 1 atom stereocenters. The van der Waals surface area contributed by atoms with Crippen molar-refractivity contribution in [2.75, 3.05) is 53.1 Å². The highest BCUT2D eigenvalue weighted by Crippen LogP contribution is 2.26. The summed E-state index contributed by atoms with van der Waals surface area (Å²) in [6.45, 7) is 5.73. The Morgan fingerprint density at radius 3 is 2.58 bits per heavy atom. The number of amides is 3. The summed E-state index contributed by atoms with van der Waals surface area (Å²) in [5.74, 6) is 0.580. The average molecular weight is 456 g/mol. The second-order valence-electron chi connectivity index (χ2n) is 8.19. The van der Waals surface area contributed by atoms with Crippen LogP contribution in [0, 0.1) is 6.92 Å². The second kappa shape index (κ2) is 10.3. The lowest BCUT2D eigenvalue weighted by Crippen LogP contribution is -2.43. The number of hydrogen-bond donors (Lipinski definition) is 1. The Balaban J connectivity index is 1.45. The largest absolute Gasteiger partial charge is 0.465 e. The number of nitrogens with one attached hydrogen (secondary N) is 1. The Morgan fingerprint density at radius 2 is 1.88 bits per heavy atom. The van der Waals surface area contributed by atoms with Gasteiger partial charge in [0.05, 0.1) is 30.4 Å². The second-order valence-corrected chi connectivity index (χ2v) is 8.19. The average Bonchev–Trinajstić information content (AvgIpc) is 3.36. The molecule has 9 nitrogen and oxygen atoms in total.